The number of methoxy groups -OCH3 is 1. The number of nitrogens with zero attached hydrogens (tertiary/aromatic N) is 2. The van der Waals surface area contributed by atoms with E-state index in [0.29, 0.717) is 6.10 Å². The molecule has 5 heteroatoms. The molecule has 0 unspecified atom stereocenters. The third kappa shape index (κ3) is 3.58. The molecule has 4 rings (SSSR count). The number of benzene rings is 1. The zero-order valence-corrected chi connectivity index (χ0v) is 15.3. The Morgan fingerprint density at radius 1 is 1.20 bits per heavy atom. The van der Waals surface area contributed by atoms with Crippen LogP contribution >= 0.6 is 0 Å². The van der Waals surface area contributed by atoms with Crippen molar-refractivity contribution in [2.75, 3.05) is 13.7 Å². The molecule has 1 aliphatic carbocycles. The lowest BCUT2D eigenvalue weighted by Crippen LogP contribution is -2.25. The molecule has 1 aromatic carbocycles. The first-order chi connectivity index (χ1) is 12.1. The molecule has 1 N–H and O–H groups in total. The van der Waals surface area contributed by atoms with Crippen molar-refractivity contribution >= 4 is 0 Å². The first-order valence-corrected chi connectivity index (χ1v) is 9.18. The van der Waals surface area contributed by atoms with Gasteiger partial charge in [0.25, 0.3) is 0 Å². The summed E-state index contributed by atoms with van der Waals surface area (Å²) in [5.74, 6) is 2.08. The zero-order valence-electron chi connectivity index (χ0n) is 15.3. The molecule has 1 aliphatic heterocycles. The number of rotatable bonds is 6. The molecular formula is C20H27N3O2. The highest BCUT2D eigenvalue weighted by Gasteiger charge is 2.35. The third-order valence-electron chi connectivity index (χ3n) is 5.32. The molecule has 2 aliphatic rings. The maximum atomic E-state index is 6.10. The summed E-state index contributed by atoms with van der Waals surface area (Å²) < 4.78 is 11.8. The maximum Gasteiger partial charge on any atom is 0.124 e. The van der Waals surface area contributed by atoms with E-state index in [1.165, 1.54) is 18.4 Å². The second kappa shape index (κ2) is 6.81. The standard InChI is InChI=1S/C20H27N3O2/c1-13-14(2)22-20(21-13)18-10-17(24-3)12-23(18)11-15-6-4-5-7-19(15)25-16-8-9-16/h4-7,16-18H,8-12H2,1-3H3,(H,21,22)/t17-,18+/m1/s1. The van der Waals surface area contributed by atoms with Crippen LogP contribution in [0.15, 0.2) is 24.3 Å². The van der Waals surface area contributed by atoms with Crippen LogP contribution in [0.4, 0.5) is 0 Å². The summed E-state index contributed by atoms with van der Waals surface area (Å²) >= 11 is 0. The maximum absolute atomic E-state index is 6.10. The molecule has 25 heavy (non-hydrogen) atoms. The van der Waals surface area contributed by atoms with Crippen molar-refractivity contribution in [3.63, 3.8) is 0 Å². The van der Waals surface area contributed by atoms with E-state index in [9.17, 15) is 0 Å². The number of imidazole rings is 1. The van der Waals surface area contributed by atoms with E-state index in [2.05, 4.69) is 48.0 Å². The van der Waals surface area contributed by atoms with Crippen LogP contribution in [0.5, 0.6) is 5.75 Å². The molecule has 1 saturated heterocycles. The van der Waals surface area contributed by atoms with Crippen LogP contribution in [-0.4, -0.2) is 40.7 Å². The van der Waals surface area contributed by atoms with E-state index in [-0.39, 0.29) is 12.1 Å². The van der Waals surface area contributed by atoms with Gasteiger partial charge < -0.3 is 14.5 Å². The second-order valence-corrected chi connectivity index (χ2v) is 7.30. The van der Waals surface area contributed by atoms with Gasteiger partial charge in [0.05, 0.1) is 23.9 Å². The Bertz CT molecular complexity index is 719. The summed E-state index contributed by atoms with van der Waals surface area (Å²) in [6, 6.07) is 8.67. The molecular weight excluding hydrogens is 314 g/mol. The Balaban J connectivity index is 1.56. The molecule has 0 spiro atoms. The number of hydrogen-bond acceptors (Lipinski definition) is 4. The van der Waals surface area contributed by atoms with E-state index in [1.807, 2.05) is 0 Å². The van der Waals surface area contributed by atoms with Gasteiger partial charge in [0.15, 0.2) is 0 Å². The van der Waals surface area contributed by atoms with Crippen LogP contribution in [0.25, 0.3) is 0 Å². The van der Waals surface area contributed by atoms with Gasteiger partial charge in [-0.15, -0.1) is 0 Å². The number of aryl methyl sites for hydroxylation is 2. The fourth-order valence-corrected chi connectivity index (χ4v) is 3.56. The van der Waals surface area contributed by atoms with Crippen LogP contribution < -0.4 is 4.74 Å². The van der Waals surface area contributed by atoms with E-state index in [4.69, 9.17) is 14.5 Å². The fourth-order valence-electron chi connectivity index (χ4n) is 3.56. The van der Waals surface area contributed by atoms with Crippen molar-refractivity contribution in [2.45, 2.75) is 57.9 Å². The van der Waals surface area contributed by atoms with E-state index < -0.39 is 0 Å². The molecule has 0 amide bonds. The lowest BCUT2D eigenvalue weighted by atomic mass is 10.1. The van der Waals surface area contributed by atoms with E-state index in [0.717, 1.165) is 42.5 Å². The van der Waals surface area contributed by atoms with Gasteiger partial charge in [-0.2, -0.15) is 0 Å². The third-order valence-corrected chi connectivity index (χ3v) is 5.32. The molecule has 2 fully saturated rings. The van der Waals surface area contributed by atoms with Crippen molar-refractivity contribution in [3.8, 4) is 5.75 Å². The van der Waals surface area contributed by atoms with Crippen molar-refractivity contribution in [2.24, 2.45) is 0 Å². The number of H-pyrrole nitrogens is 1. The van der Waals surface area contributed by atoms with Gasteiger partial charge in [0.2, 0.25) is 0 Å². The number of aromatic nitrogens is 2. The predicted octanol–water partition coefficient (Wildman–Crippen LogP) is 3.53. The number of aromatic amines is 1. The summed E-state index contributed by atoms with van der Waals surface area (Å²) in [6.45, 7) is 5.91. The van der Waals surface area contributed by atoms with Gasteiger partial charge in [-0.1, -0.05) is 18.2 Å². The average molecular weight is 341 g/mol. The Hall–Kier alpha value is -1.85. The second-order valence-electron chi connectivity index (χ2n) is 7.30. The lowest BCUT2D eigenvalue weighted by Gasteiger charge is -2.24. The molecule has 1 aromatic heterocycles. The number of para-hydroxylation sites is 1. The van der Waals surface area contributed by atoms with Crippen molar-refractivity contribution in [1.29, 1.82) is 0 Å². The zero-order chi connectivity index (χ0) is 17.4. The Morgan fingerprint density at radius 3 is 2.68 bits per heavy atom. The summed E-state index contributed by atoms with van der Waals surface area (Å²) in [4.78, 5) is 10.7. The minimum absolute atomic E-state index is 0.243. The molecule has 0 bridgehead atoms. The van der Waals surface area contributed by atoms with Gasteiger partial charge in [0.1, 0.15) is 11.6 Å². The average Bonchev–Trinajstić information content (AvgIpc) is 3.23. The highest BCUT2D eigenvalue weighted by Crippen LogP contribution is 2.36. The first kappa shape index (κ1) is 16.6. The smallest absolute Gasteiger partial charge is 0.124 e. The molecule has 2 aromatic rings. The van der Waals surface area contributed by atoms with E-state index >= 15 is 0 Å². The predicted molar refractivity (Wildman–Crippen MR) is 96.7 cm³/mol. The van der Waals surface area contributed by atoms with Crippen LogP contribution in [0, 0.1) is 13.8 Å². The van der Waals surface area contributed by atoms with Crippen molar-refractivity contribution in [1.82, 2.24) is 14.9 Å². The monoisotopic (exact) mass is 341 g/mol. The van der Waals surface area contributed by atoms with Crippen molar-refractivity contribution in [3.05, 3.63) is 47.0 Å². The number of nitrogens with one attached hydrogen (secondary N) is 1. The quantitative estimate of drug-likeness (QED) is 0.873. The summed E-state index contributed by atoms with van der Waals surface area (Å²) in [7, 11) is 1.80. The lowest BCUT2D eigenvalue weighted by molar-refractivity contribution is 0.107. The van der Waals surface area contributed by atoms with Crippen LogP contribution in [0.1, 0.15) is 48.1 Å². The van der Waals surface area contributed by atoms with Crippen LogP contribution in [0.2, 0.25) is 0 Å². The number of likely N-dealkylation sites (tertiary alicyclic amines) is 1. The van der Waals surface area contributed by atoms with E-state index in [1.54, 1.807) is 7.11 Å². The minimum atomic E-state index is 0.243. The van der Waals surface area contributed by atoms with Crippen molar-refractivity contribution < 1.29 is 9.47 Å². The van der Waals surface area contributed by atoms with Gasteiger partial charge in [-0.05, 0) is 39.2 Å². The molecule has 134 valence electrons. The summed E-state index contributed by atoms with van der Waals surface area (Å²) in [5.41, 5.74) is 3.47. The number of ether oxygens (including phenoxy) is 2. The topological polar surface area (TPSA) is 50.4 Å². The Morgan fingerprint density at radius 2 is 2.00 bits per heavy atom. The molecule has 0 radical (unpaired) electrons. The fraction of sp³-hybridized carbons (Fsp3) is 0.550. The molecule has 2 heterocycles. The Labute approximate surface area is 149 Å². The molecule has 5 nitrogen and oxygen atoms in total. The largest absolute Gasteiger partial charge is 0.490 e. The SMILES string of the molecule is CO[C@@H]1C[C@@H](c2nc(C)c(C)[nH]2)N(Cc2ccccc2OC2CC2)C1. The minimum Gasteiger partial charge on any atom is -0.490 e. The first-order valence-electron chi connectivity index (χ1n) is 9.18. The van der Waals surface area contributed by atoms with Gasteiger partial charge in [-0.3, -0.25) is 4.90 Å². The van der Waals surface area contributed by atoms with Gasteiger partial charge in [0, 0.05) is 31.5 Å². The number of hydrogen-bond donors (Lipinski definition) is 1. The normalized spacial score (nSPS) is 24.0. The molecule has 2 atom stereocenters. The summed E-state index contributed by atoms with van der Waals surface area (Å²) in [5, 5.41) is 0. The highest BCUT2D eigenvalue weighted by atomic mass is 16.5. The summed E-state index contributed by atoms with van der Waals surface area (Å²) in [6.07, 6.45) is 3.98. The molecule has 1 saturated carbocycles. The Kier molecular flexibility index (Phi) is 4.52. The van der Waals surface area contributed by atoms with Crippen LogP contribution in [-0.2, 0) is 11.3 Å². The van der Waals surface area contributed by atoms with Crippen LogP contribution in [0.3, 0.4) is 0 Å². The highest BCUT2D eigenvalue weighted by molar-refractivity contribution is 5.34. The van der Waals surface area contributed by atoms with Gasteiger partial charge in [-0.25, -0.2) is 4.98 Å². The van der Waals surface area contributed by atoms with Gasteiger partial charge >= 0.3 is 0 Å².